The van der Waals surface area contributed by atoms with E-state index in [1.165, 1.54) is 0 Å². The van der Waals surface area contributed by atoms with Gasteiger partial charge in [-0.25, -0.2) is 0 Å². The monoisotopic (exact) mass is 319 g/mol. The molecule has 15 heavy (non-hydrogen) atoms. The van der Waals surface area contributed by atoms with E-state index < -0.39 is 6.10 Å². The summed E-state index contributed by atoms with van der Waals surface area (Å²) in [6.45, 7) is 5.98. The van der Waals surface area contributed by atoms with Crippen LogP contribution >= 0.6 is 22.6 Å². The van der Waals surface area contributed by atoms with Crippen molar-refractivity contribution in [2.75, 3.05) is 0 Å². The van der Waals surface area contributed by atoms with Crippen LogP contribution in [-0.4, -0.2) is 11.2 Å². The smallest absolute Gasteiger partial charge is 0.0781 e. The number of benzene rings is 1. The van der Waals surface area contributed by atoms with Crippen LogP contribution in [0, 0.1) is 8.99 Å². The van der Waals surface area contributed by atoms with Crippen LogP contribution in [0.4, 0.5) is 0 Å². The van der Waals surface area contributed by atoms with Gasteiger partial charge in [-0.1, -0.05) is 39.0 Å². The first-order valence-corrected chi connectivity index (χ1v) is 6.10. The zero-order chi connectivity index (χ0) is 11.6. The minimum absolute atomic E-state index is 0.196. The fourth-order valence-corrected chi connectivity index (χ4v) is 2.20. The third-order valence-electron chi connectivity index (χ3n) is 2.49. The molecular weight excluding hydrogens is 301 g/mol. The minimum atomic E-state index is -0.534. The second kappa shape index (κ2) is 4.80. The molecule has 0 bridgehead atoms. The fourth-order valence-electron chi connectivity index (χ4n) is 1.45. The number of halogens is 1. The average Bonchev–Trinajstić information content (AvgIpc) is 2.15. The Morgan fingerprint density at radius 3 is 2.27 bits per heavy atom. The van der Waals surface area contributed by atoms with Gasteiger partial charge in [0.05, 0.1) is 12.1 Å². The van der Waals surface area contributed by atoms with Crippen LogP contribution in [0.15, 0.2) is 24.3 Å². The van der Waals surface area contributed by atoms with Crippen LogP contribution < -0.4 is 5.73 Å². The second-order valence-electron chi connectivity index (χ2n) is 4.86. The molecule has 0 saturated carbocycles. The summed E-state index contributed by atoms with van der Waals surface area (Å²) in [5.41, 5.74) is 6.89. The highest BCUT2D eigenvalue weighted by Crippen LogP contribution is 2.30. The van der Waals surface area contributed by atoms with Gasteiger partial charge in [-0.15, -0.1) is 0 Å². The van der Waals surface area contributed by atoms with Gasteiger partial charge in [0.2, 0.25) is 0 Å². The molecule has 0 unspecified atom stereocenters. The molecule has 0 fully saturated rings. The van der Waals surface area contributed by atoms with Crippen molar-refractivity contribution in [3.63, 3.8) is 0 Å². The van der Waals surface area contributed by atoms with Gasteiger partial charge < -0.3 is 10.8 Å². The Bertz CT molecular complexity index is 333. The van der Waals surface area contributed by atoms with E-state index in [0.717, 1.165) is 9.13 Å². The van der Waals surface area contributed by atoms with Crippen LogP contribution in [0.1, 0.15) is 32.4 Å². The molecule has 1 rings (SSSR count). The topological polar surface area (TPSA) is 46.2 Å². The minimum Gasteiger partial charge on any atom is -0.391 e. The van der Waals surface area contributed by atoms with Crippen molar-refractivity contribution < 1.29 is 5.11 Å². The van der Waals surface area contributed by atoms with Crippen molar-refractivity contribution >= 4 is 22.6 Å². The van der Waals surface area contributed by atoms with E-state index in [1.807, 2.05) is 45.0 Å². The quantitative estimate of drug-likeness (QED) is 0.824. The van der Waals surface area contributed by atoms with E-state index in [0.29, 0.717) is 0 Å². The molecule has 3 N–H and O–H groups in total. The molecule has 2 atom stereocenters. The molecule has 0 aromatic heterocycles. The number of aliphatic hydroxyl groups excluding tert-OH is 1. The van der Waals surface area contributed by atoms with E-state index in [-0.39, 0.29) is 11.5 Å². The highest BCUT2D eigenvalue weighted by atomic mass is 127. The van der Waals surface area contributed by atoms with Crippen molar-refractivity contribution in [3.05, 3.63) is 33.4 Å². The van der Waals surface area contributed by atoms with Gasteiger partial charge in [0.15, 0.2) is 0 Å². The number of aliphatic hydroxyl groups is 1. The van der Waals surface area contributed by atoms with Crippen molar-refractivity contribution in [2.45, 2.75) is 32.9 Å². The predicted molar refractivity (Wildman–Crippen MR) is 71.5 cm³/mol. The summed E-state index contributed by atoms with van der Waals surface area (Å²) in [6.07, 6.45) is -0.534. The summed E-state index contributed by atoms with van der Waals surface area (Å²) in [5.74, 6) is 0. The van der Waals surface area contributed by atoms with E-state index in [1.54, 1.807) is 0 Å². The Morgan fingerprint density at radius 2 is 1.80 bits per heavy atom. The van der Waals surface area contributed by atoms with Gasteiger partial charge >= 0.3 is 0 Å². The molecule has 0 spiro atoms. The molecule has 1 aromatic rings. The van der Waals surface area contributed by atoms with Crippen LogP contribution in [0.2, 0.25) is 0 Å². The summed E-state index contributed by atoms with van der Waals surface area (Å²) in [7, 11) is 0. The van der Waals surface area contributed by atoms with Gasteiger partial charge in [-0.3, -0.25) is 0 Å². The Morgan fingerprint density at radius 1 is 1.27 bits per heavy atom. The van der Waals surface area contributed by atoms with E-state index >= 15 is 0 Å². The first kappa shape index (κ1) is 12.9. The third-order valence-corrected chi connectivity index (χ3v) is 3.47. The zero-order valence-electron chi connectivity index (χ0n) is 9.37. The SMILES string of the molecule is CC(C)(C)[C@@H](O)[C@@H](N)c1ccccc1I. The molecule has 0 heterocycles. The lowest BCUT2D eigenvalue weighted by Gasteiger charge is -2.31. The lowest BCUT2D eigenvalue weighted by atomic mass is 9.82. The standard InChI is InChI=1S/C12H18INO/c1-12(2,3)11(15)10(14)8-6-4-5-7-9(8)13/h4-7,10-11,15H,14H2,1-3H3/t10-,11-/m0/s1. The van der Waals surface area contributed by atoms with Gasteiger partial charge in [0.1, 0.15) is 0 Å². The highest BCUT2D eigenvalue weighted by Gasteiger charge is 2.29. The van der Waals surface area contributed by atoms with Gasteiger partial charge in [0.25, 0.3) is 0 Å². The van der Waals surface area contributed by atoms with Gasteiger partial charge in [-0.05, 0) is 39.6 Å². The molecule has 84 valence electrons. The number of hydrogen-bond donors (Lipinski definition) is 2. The lowest BCUT2D eigenvalue weighted by Crippen LogP contribution is -2.37. The molecule has 0 radical (unpaired) electrons. The lowest BCUT2D eigenvalue weighted by molar-refractivity contribution is 0.0399. The Hall–Kier alpha value is -0.130. The first-order valence-electron chi connectivity index (χ1n) is 5.02. The molecule has 0 aliphatic heterocycles. The Kier molecular flexibility index (Phi) is 4.14. The van der Waals surface area contributed by atoms with Crippen molar-refractivity contribution in [1.82, 2.24) is 0 Å². The summed E-state index contributed by atoms with van der Waals surface area (Å²) in [4.78, 5) is 0. The maximum atomic E-state index is 10.1. The highest BCUT2D eigenvalue weighted by molar-refractivity contribution is 14.1. The van der Waals surface area contributed by atoms with Crippen LogP contribution in [0.25, 0.3) is 0 Å². The summed E-state index contributed by atoms with van der Waals surface area (Å²) < 4.78 is 1.10. The van der Waals surface area contributed by atoms with Crippen LogP contribution in [0.3, 0.4) is 0 Å². The largest absolute Gasteiger partial charge is 0.391 e. The van der Waals surface area contributed by atoms with Gasteiger partial charge in [-0.2, -0.15) is 0 Å². The molecule has 0 aliphatic rings. The van der Waals surface area contributed by atoms with Crippen molar-refractivity contribution in [1.29, 1.82) is 0 Å². The summed E-state index contributed by atoms with van der Waals surface area (Å²) in [6, 6.07) is 7.58. The summed E-state index contributed by atoms with van der Waals surface area (Å²) in [5, 5.41) is 10.1. The molecule has 0 saturated heterocycles. The third kappa shape index (κ3) is 3.16. The zero-order valence-corrected chi connectivity index (χ0v) is 11.5. The van der Waals surface area contributed by atoms with Crippen LogP contribution in [-0.2, 0) is 0 Å². The molecule has 0 amide bonds. The maximum Gasteiger partial charge on any atom is 0.0781 e. The van der Waals surface area contributed by atoms with Crippen molar-refractivity contribution in [3.8, 4) is 0 Å². The molecular formula is C12H18INO. The molecule has 3 heteroatoms. The Balaban J connectivity index is 2.95. The van der Waals surface area contributed by atoms with E-state index in [4.69, 9.17) is 5.73 Å². The Labute approximate surface area is 105 Å². The molecule has 2 nitrogen and oxygen atoms in total. The van der Waals surface area contributed by atoms with Crippen LogP contribution in [0.5, 0.6) is 0 Å². The average molecular weight is 319 g/mol. The first-order chi connectivity index (χ1) is 6.84. The second-order valence-corrected chi connectivity index (χ2v) is 6.02. The molecule has 1 aromatic carbocycles. The molecule has 0 aliphatic carbocycles. The van der Waals surface area contributed by atoms with Crippen molar-refractivity contribution in [2.24, 2.45) is 11.1 Å². The summed E-state index contributed by atoms with van der Waals surface area (Å²) >= 11 is 2.25. The predicted octanol–water partition coefficient (Wildman–Crippen LogP) is 2.70. The normalized spacial score (nSPS) is 16.1. The van der Waals surface area contributed by atoms with Gasteiger partial charge in [0, 0.05) is 3.57 Å². The fraction of sp³-hybridized carbons (Fsp3) is 0.500. The number of nitrogens with two attached hydrogens (primary N) is 1. The van der Waals surface area contributed by atoms with E-state index in [9.17, 15) is 5.11 Å². The number of hydrogen-bond acceptors (Lipinski definition) is 2. The number of rotatable bonds is 2. The maximum absolute atomic E-state index is 10.1. The van der Waals surface area contributed by atoms with E-state index in [2.05, 4.69) is 22.6 Å².